The average molecular weight is 325 g/mol. The minimum Gasteiger partial charge on any atom is -0.744 e. The quantitative estimate of drug-likeness (QED) is 0.639. The zero-order valence-electron chi connectivity index (χ0n) is 13.4. The maximum Gasteiger partial charge on any atom is 0.168 e. The van der Waals surface area contributed by atoms with Crippen molar-refractivity contribution in [2.75, 3.05) is 6.61 Å². The van der Waals surface area contributed by atoms with Gasteiger partial charge in [-0.15, -0.1) is 0 Å². The smallest absolute Gasteiger partial charge is 0.168 e. The van der Waals surface area contributed by atoms with Crippen molar-refractivity contribution >= 4 is 10.1 Å². The summed E-state index contributed by atoms with van der Waals surface area (Å²) < 4.78 is 33.2. The summed E-state index contributed by atoms with van der Waals surface area (Å²) in [6, 6.07) is 9.95. The Balaban J connectivity index is 0.000000352. The molecule has 0 aliphatic rings. The highest BCUT2D eigenvalue weighted by atomic mass is 32.2. The zero-order valence-corrected chi connectivity index (χ0v) is 14.2. The van der Waals surface area contributed by atoms with E-state index in [-0.39, 0.29) is 11.5 Å². The Kier molecular flexibility index (Phi) is 9.24. The topological polar surface area (TPSA) is 81.3 Å². The number of hydrogen-bond acceptors (Lipinski definition) is 4. The van der Waals surface area contributed by atoms with E-state index < -0.39 is 10.1 Å². The summed E-state index contributed by atoms with van der Waals surface area (Å²) in [4.78, 5) is -0.178. The molecule has 0 bridgehead atoms. The Morgan fingerprint density at radius 3 is 1.68 bits per heavy atom. The monoisotopic (exact) mass is 325 g/mol. The summed E-state index contributed by atoms with van der Waals surface area (Å²) >= 11 is 0. The molecule has 0 unspecified atom stereocenters. The number of rotatable bonds is 1. The molecule has 5 nitrogen and oxygen atoms in total. The van der Waals surface area contributed by atoms with Gasteiger partial charge >= 0.3 is 0 Å². The van der Waals surface area contributed by atoms with E-state index in [0.717, 1.165) is 5.56 Å². The lowest BCUT2D eigenvalue weighted by Crippen LogP contribution is -2.25. The molecule has 6 heteroatoms. The predicted molar refractivity (Wildman–Crippen MR) is 84.3 cm³/mol. The summed E-state index contributed by atoms with van der Waals surface area (Å²) in [7, 11) is -2.26. The fourth-order valence-electron chi connectivity index (χ4n) is 1.28. The van der Waals surface area contributed by atoms with Crippen LogP contribution in [-0.4, -0.2) is 24.7 Å². The van der Waals surface area contributed by atoms with Crippen molar-refractivity contribution in [3.05, 3.63) is 59.9 Å². The highest BCUT2D eigenvalue weighted by Crippen LogP contribution is 2.08. The van der Waals surface area contributed by atoms with Crippen molar-refractivity contribution in [2.45, 2.75) is 25.7 Å². The van der Waals surface area contributed by atoms with Gasteiger partial charge in [-0.05, 0) is 38.5 Å². The highest BCUT2D eigenvalue weighted by Gasteiger charge is 1.97. The van der Waals surface area contributed by atoms with E-state index in [2.05, 4.69) is 19.1 Å². The first-order chi connectivity index (χ1) is 10.2. The number of aliphatic hydroxyl groups is 1. The van der Waals surface area contributed by atoms with Crippen LogP contribution in [0.3, 0.4) is 0 Å². The first kappa shape index (κ1) is 20.2. The normalized spacial score (nSPS) is 9.91. The number of nitrogens with zero attached hydrogens (tertiary/aromatic N) is 1. The largest absolute Gasteiger partial charge is 0.744 e. The van der Waals surface area contributed by atoms with Crippen molar-refractivity contribution in [1.82, 2.24) is 0 Å². The van der Waals surface area contributed by atoms with Crippen LogP contribution in [-0.2, 0) is 17.2 Å². The van der Waals surface area contributed by atoms with Gasteiger partial charge in [0.1, 0.15) is 17.2 Å². The van der Waals surface area contributed by atoms with Gasteiger partial charge in [0.15, 0.2) is 12.4 Å². The van der Waals surface area contributed by atoms with Gasteiger partial charge in [0, 0.05) is 18.7 Å². The molecule has 0 saturated heterocycles. The molecule has 0 aliphatic carbocycles. The van der Waals surface area contributed by atoms with Gasteiger partial charge in [-0.1, -0.05) is 17.7 Å². The summed E-state index contributed by atoms with van der Waals surface area (Å²) in [5, 5.41) is 7.57. The number of aliphatic hydroxyl groups excluding tert-OH is 1. The maximum atomic E-state index is 10.4. The summed E-state index contributed by atoms with van der Waals surface area (Å²) in [6.45, 7) is 5.83. The van der Waals surface area contributed by atoms with Crippen LogP contribution in [0, 0.1) is 13.8 Å². The fourth-order valence-corrected chi connectivity index (χ4v) is 1.75. The average Bonchev–Trinajstić information content (AvgIpc) is 2.43. The Morgan fingerprint density at radius 1 is 1.00 bits per heavy atom. The molecule has 0 spiro atoms. The zero-order chi connectivity index (χ0) is 17.2. The van der Waals surface area contributed by atoms with Crippen LogP contribution in [0.2, 0.25) is 0 Å². The van der Waals surface area contributed by atoms with Crippen molar-refractivity contribution in [2.24, 2.45) is 7.05 Å². The SMILES string of the molecule is CCO.Cc1cc[n+](C)cc1.Cc1ccc(S(=O)(=O)[O-])cc1. The molecule has 0 aliphatic heterocycles. The lowest BCUT2D eigenvalue weighted by molar-refractivity contribution is -0.671. The highest BCUT2D eigenvalue weighted by molar-refractivity contribution is 7.85. The van der Waals surface area contributed by atoms with E-state index >= 15 is 0 Å². The first-order valence-corrected chi connectivity index (χ1v) is 8.16. The van der Waals surface area contributed by atoms with Gasteiger partial charge in [0.25, 0.3) is 0 Å². The first-order valence-electron chi connectivity index (χ1n) is 6.76. The van der Waals surface area contributed by atoms with Crippen LogP contribution >= 0.6 is 0 Å². The molecule has 1 aromatic heterocycles. The predicted octanol–water partition coefficient (Wildman–Crippen LogP) is 1.72. The summed E-state index contributed by atoms with van der Waals surface area (Å²) in [5.74, 6) is 0. The van der Waals surface area contributed by atoms with E-state index in [0.29, 0.717) is 0 Å². The van der Waals surface area contributed by atoms with E-state index in [9.17, 15) is 13.0 Å². The van der Waals surface area contributed by atoms with Gasteiger partial charge in [0.05, 0.1) is 4.90 Å². The number of aromatic nitrogens is 1. The molecule has 0 radical (unpaired) electrons. The van der Waals surface area contributed by atoms with Crippen molar-refractivity contribution in [3.63, 3.8) is 0 Å². The Labute approximate surface area is 132 Å². The van der Waals surface area contributed by atoms with E-state index in [1.54, 1.807) is 19.1 Å². The van der Waals surface area contributed by atoms with E-state index in [4.69, 9.17) is 5.11 Å². The van der Waals surface area contributed by atoms with Crippen LogP contribution in [0.4, 0.5) is 0 Å². The lowest BCUT2D eigenvalue weighted by atomic mass is 10.2. The molecule has 0 amide bonds. The van der Waals surface area contributed by atoms with Crippen LogP contribution in [0.1, 0.15) is 18.1 Å². The molecule has 0 atom stereocenters. The lowest BCUT2D eigenvalue weighted by Gasteiger charge is -2.05. The molecule has 22 heavy (non-hydrogen) atoms. The standard InChI is InChI=1S/C7H10N.C7H8O3S.C2H6O/c1-7-3-5-8(2)6-4-7;1-6-2-4-7(5-3-6)11(8,9)10;1-2-3/h3-6H,1-2H3;2-5H,1H3,(H,8,9,10);3H,2H2,1H3/q+1;;/p-1. The molecular weight excluding hydrogens is 302 g/mol. The fraction of sp³-hybridized carbons (Fsp3) is 0.312. The third-order valence-corrected chi connectivity index (χ3v) is 3.30. The Morgan fingerprint density at radius 2 is 1.36 bits per heavy atom. The van der Waals surface area contributed by atoms with Gasteiger partial charge in [-0.25, -0.2) is 13.0 Å². The van der Waals surface area contributed by atoms with Gasteiger partial charge in [-0.3, -0.25) is 0 Å². The molecule has 1 N–H and O–H groups in total. The second kappa shape index (κ2) is 10.0. The molecular formula is C16H23NO4S. The molecule has 1 heterocycles. The van der Waals surface area contributed by atoms with Crippen molar-refractivity contribution in [1.29, 1.82) is 0 Å². The molecule has 0 saturated carbocycles. The van der Waals surface area contributed by atoms with Crippen molar-refractivity contribution < 1.29 is 22.6 Å². The van der Waals surface area contributed by atoms with Crippen LogP contribution in [0.5, 0.6) is 0 Å². The van der Waals surface area contributed by atoms with Gasteiger partial charge < -0.3 is 9.66 Å². The number of benzene rings is 1. The van der Waals surface area contributed by atoms with Crippen LogP contribution < -0.4 is 4.57 Å². The summed E-state index contributed by atoms with van der Waals surface area (Å²) in [5.41, 5.74) is 2.24. The third kappa shape index (κ3) is 9.23. The molecule has 122 valence electrons. The van der Waals surface area contributed by atoms with E-state index in [1.807, 2.05) is 30.9 Å². The molecule has 0 fully saturated rings. The van der Waals surface area contributed by atoms with Gasteiger partial charge in [0.2, 0.25) is 0 Å². The Bertz CT molecular complexity index is 614. The third-order valence-electron chi connectivity index (χ3n) is 2.45. The van der Waals surface area contributed by atoms with Crippen LogP contribution in [0.25, 0.3) is 0 Å². The summed E-state index contributed by atoms with van der Waals surface area (Å²) in [6.07, 6.45) is 4.07. The minimum atomic E-state index is -4.27. The molecule has 2 rings (SSSR count). The Hall–Kier alpha value is -1.76. The second-order valence-electron chi connectivity index (χ2n) is 4.62. The number of aryl methyl sites for hydroxylation is 3. The van der Waals surface area contributed by atoms with Crippen LogP contribution in [0.15, 0.2) is 53.7 Å². The number of hydrogen-bond donors (Lipinski definition) is 1. The minimum absolute atomic E-state index is 0.178. The van der Waals surface area contributed by atoms with Crippen molar-refractivity contribution in [3.8, 4) is 0 Å². The number of pyridine rings is 1. The molecule has 2 aromatic rings. The molecule has 1 aromatic carbocycles. The van der Waals surface area contributed by atoms with Gasteiger partial charge in [-0.2, -0.15) is 0 Å². The second-order valence-corrected chi connectivity index (χ2v) is 6.00. The van der Waals surface area contributed by atoms with E-state index in [1.165, 1.54) is 17.7 Å². The maximum absolute atomic E-state index is 10.4.